The molecule has 0 saturated heterocycles. The minimum Gasteiger partial charge on any atom is -0.547 e. The number of aliphatic carboxylic acids is 2. The number of carbonyl (C=O) groups is 2. The van der Waals surface area contributed by atoms with Crippen molar-refractivity contribution in [2.45, 2.75) is 12.2 Å². The summed E-state index contributed by atoms with van der Waals surface area (Å²) in [6.07, 6.45) is -1.16. The lowest BCUT2D eigenvalue weighted by Crippen LogP contribution is -2.80. The van der Waals surface area contributed by atoms with Crippen LogP contribution in [0.1, 0.15) is 0 Å². The third-order valence-corrected chi connectivity index (χ3v) is 2.05. The molecule has 2 heterocycles. The zero-order valence-corrected chi connectivity index (χ0v) is 10.7. The summed E-state index contributed by atoms with van der Waals surface area (Å²) in [6, 6.07) is 0. The molecule has 10 heteroatoms. The van der Waals surface area contributed by atoms with Crippen molar-refractivity contribution in [1.82, 2.24) is 0 Å². The van der Waals surface area contributed by atoms with Gasteiger partial charge in [0.05, 0.1) is 25.0 Å². The van der Waals surface area contributed by atoms with Crippen LogP contribution in [0.15, 0.2) is 9.98 Å². The van der Waals surface area contributed by atoms with Crippen LogP contribution in [0.3, 0.4) is 0 Å². The van der Waals surface area contributed by atoms with Crippen molar-refractivity contribution < 1.29 is 40.6 Å². The van der Waals surface area contributed by atoms with Crippen LogP contribution >= 0.6 is 0 Å². The Bertz CT molecular complexity index is 314. The van der Waals surface area contributed by atoms with E-state index in [1.807, 2.05) is 12.7 Å². The number of carboxylic acids is 2. The predicted molar refractivity (Wildman–Crippen MR) is 62.3 cm³/mol. The average molecular weight is 290 g/mol. The molecule has 2 atom stereocenters. The molecule has 2 aliphatic heterocycles. The molecule has 0 radical (unpaired) electrons. The van der Waals surface area contributed by atoms with Crippen molar-refractivity contribution in [1.29, 1.82) is 0 Å². The summed E-state index contributed by atoms with van der Waals surface area (Å²) in [5.41, 5.74) is 0. The maximum Gasteiger partial charge on any atom is 0.182 e. The summed E-state index contributed by atoms with van der Waals surface area (Å²) in [7, 11) is 0. The van der Waals surface area contributed by atoms with Gasteiger partial charge in [0, 0.05) is 0 Å². The standard InChI is InChI=1S/C4H6O6.2C3H6N2/c5-1(3(7)8)2(6)4(9)10;2*1-2-5-3-4-1/h1-2,5-6H,(H,7,8)(H,9,10);2*3H,1-2H2,(H,4,5)/t1-,2-;;/m1../s1. The van der Waals surface area contributed by atoms with Gasteiger partial charge in [0.15, 0.2) is 12.7 Å². The number of aliphatic hydroxyl groups excluding tert-OH is 2. The SMILES string of the molecule is C1=NCC[NH2+]1.C1=NCC[NH2+]1.O=C([O-])[C@H](O)[C@@H](O)C(=O)[O-]. The summed E-state index contributed by atoms with van der Waals surface area (Å²) in [6.45, 7) is 4.33. The molecule has 0 fully saturated rings. The molecule has 10 nitrogen and oxygen atoms in total. The maximum absolute atomic E-state index is 9.63. The number of carboxylic acid groups (broad SMARTS) is 2. The summed E-state index contributed by atoms with van der Waals surface area (Å²) >= 11 is 0. The van der Waals surface area contributed by atoms with Crippen LogP contribution in [0.5, 0.6) is 0 Å². The predicted octanol–water partition coefficient (Wildman–Crippen LogP) is -7.61. The van der Waals surface area contributed by atoms with Crippen molar-refractivity contribution in [3.05, 3.63) is 0 Å². The number of hydrogen-bond donors (Lipinski definition) is 4. The highest BCUT2D eigenvalue weighted by atomic mass is 16.4. The Balaban J connectivity index is 0.000000298. The van der Waals surface area contributed by atoms with Crippen LogP contribution in [-0.2, 0) is 9.59 Å². The second kappa shape index (κ2) is 11.0. The molecule has 0 bridgehead atoms. The monoisotopic (exact) mass is 290 g/mol. The van der Waals surface area contributed by atoms with E-state index in [1.54, 1.807) is 0 Å². The first-order valence-electron chi connectivity index (χ1n) is 5.88. The van der Waals surface area contributed by atoms with E-state index in [9.17, 15) is 19.8 Å². The highest BCUT2D eigenvalue weighted by Gasteiger charge is 2.17. The van der Waals surface area contributed by atoms with Crippen molar-refractivity contribution in [2.24, 2.45) is 9.98 Å². The summed E-state index contributed by atoms with van der Waals surface area (Å²) in [4.78, 5) is 27.1. The summed E-state index contributed by atoms with van der Waals surface area (Å²) in [5.74, 6) is -4.12. The van der Waals surface area contributed by atoms with Gasteiger partial charge in [-0.1, -0.05) is 0 Å². The number of nitrogens with two attached hydrogens (primary N) is 2. The fourth-order valence-electron chi connectivity index (χ4n) is 1.00. The first-order valence-corrected chi connectivity index (χ1v) is 5.88. The van der Waals surface area contributed by atoms with E-state index in [-0.39, 0.29) is 0 Å². The topological polar surface area (TPSA) is 179 Å². The van der Waals surface area contributed by atoms with Gasteiger partial charge in [0.2, 0.25) is 0 Å². The molecule has 6 N–H and O–H groups in total. The van der Waals surface area contributed by atoms with E-state index >= 15 is 0 Å². The molecule has 114 valence electrons. The van der Waals surface area contributed by atoms with E-state index < -0.39 is 24.1 Å². The zero-order chi connectivity index (χ0) is 15.4. The Kier molecular flexibility index (Phi) is 9.96. The Hall–Kier alpha value is -1.88. The largest absolute Gasteiger partial charge is 0.547 e. The average Bonchev–Trinajstić information content (AvgIpc) is 3.12. The quantitative estimate of drug-likeness (QED) is 0.400. The lowest BCUT2D eigenvalue weighted by atomic mass is 10.2. The molecule has 0 aromatic rings. The molecule has 0 unspecified atom stereocenters. The number of nitrogens with zero attached hydrogens (tertiary/aromatic N) is 2. The van der Waals surface area contributed by atoms with E-state index in [1.165, 1.54) is 0 Å². The number of quaternary nitrogens is 2. The minimum atomic E-state index is -2.44. The third kappa shape index (κ3) is 9.10. The zero-order valence-electron chi connectivity index (χ0n) is 10.7. The molecule has 0 aliphatic carbocycles. The fourth-order valence-corrected chi connectivity index (χ4v) is 1.00. The van der Waals surface area contributed by atoms with Crippen molar-refractivity contribution in [3.8, 4) is 0 Å². The lowest BCUT2D eigenvalue weighted by Gasteiger charge is -2.18. The van der Waals surface area contributed by atoms with Crippen molar-refractivity contribution >= 4 is 24.6 Å². The van der Waals surface area contributed by atoms with Crippen LogP contribution in [0.4, 0.5) is 0 Å². The van der Waals surface area contributed by atoms with Gasteiger partial charge in [-0.05, 0) is 0 Å². The normalized spacial score (nSPS) is 18.3. The third-order valence-electron chi connectivity index (χ3n) is 2.05. The van der Waals surface area contributed by atoms with E-state index in [4.69, 9.17) is 10.2 Å². The van der Waals surface area contributed by atoms with Gasteiger partial charge in [-0.25, -0.2) is 9.98 Å². The van der Waals surface area contributed by atoms with Crippen molar-refractivity contribution in [3.63, 3.8) is 0 Å². The van der Waals surface area contributed by atoms with Crippen LogP contribution in [0.2, 0.25) is 0 Å². The van der Waals surface area contributed by atoms with Gasteiger partial charge in [0.1, 0.15) is 25.3 Å². The van der Waals surface area contributed by atoms with Gasteiger partial charge < -0.3 is 40.6 Å². The van der Waals surface area contributed by atoms with Gasteiger partial charge in [-0.3, -0.25) is 0 Å². The Morgan fingerprint density at radius 2 is 1.30 bits per heavy atom. The molecule has 0 saturated carbocycles. The van der Waals surface area contributed by atoms with E-state index in [2.05, 4.69) is 20.6 Å². The highest BCUT2D eigenvalue weighted by molar-refractivity contribution is 5.80. The molecule has 0 aromatic carbocycles. The molecular formula is C10H18N4O6. The van der Waals surface area contributed by atoms with E-state index in [0.29, 0.717) is 0 Å². The number of aliphatic imine (C=N–C) groups is 2. The van der Waals surface area contributed by atoms with E-state index in [0.717, 1.165) is 26.2 Å². The Morgan fingerprint density at radius 3 is 1.40 bits per heavy atom. The molecule has 0 amide bonds. The first kappa shape index (κ1) is 18.1. The highest BCUT2D eigenvalue weighted by Crippen LogP contribution is 1.88. The van der Waals surface area contributed by atoms with Crippen molar-refractivity contribution in [2.75, 3.05) is 26.2 Å². The van der Waals surface area contributed by atoms with Gasteiger partial charge in [-0.2, -0.15) is 0 Å². The van der Waals surface area contributed by atoms with Crippen LogP contribution in [0, 0.1) is 0 Å². The molecular weight excluding hydrogens is 272 g/mol. The maximum atomic E-state index is 9.63. The summed E-state index contributed by atoms with van der Waals surface area (Å²) in [5, 5.41) is 39.9. The lowest BCUT2D eigenvalue weighted by molar-refractivity contribution is -0.518. The molecule has 0 aromatic heterocycles. The van der Waals surface area contributed by atoms with Crippen LogP contribution < -0.4 is 20.8 Å². The molecule has 20 heavy (non-hydrogen) atoms. The fraction of sp³-hybridized carbons (Fsp3) is 0.600. The van der Waals surface area contributed by atoms with Gasteiger partial charge >= 0.3 is 0 Å². The number of rotatable bonds is 3. The Labute approximate surface area is 114 Å². The van der Waals surface area contributed by atoms with Gasteiger partial charge in [-0.15, -0.1) is 0 Å². The van der Waals surface area contributed by atoms with Crippen LogP contribution in [0.25, 0.3) is 0 Å². The number of hydrogen-bond acceptors (Lipinski definition) is 8. The second-order valence-corrected chi connectivity index (χ2v) is 3.69. The smallest absolute Gasteiger partial charge is 0.182 e. The van der Waals surface area contributed by atoms with Crippen LogP contribution in [-0.4, -0.2) is 73.2 Å². The number of carbonyl (C=O) groups excluding carboxylic acids is 2. The number of aliphatic hydroxyl groups is 2. The molecule has 2 rings (SSSR count). The molecule has 0 spiro atoms. The molecule has 2 aliphatic rings. The summed E-state index contributed by atoms with van der Waals surface area (Å²) < 4.78 is 0. The second-order valence-electron chi connectivity index (χ2n) is 3.69. The Morgan fingerprint density at radius 1 is 0.950 bits per heavy atom. The minimum absolute atomic E-state index is 1.01. The van der Waals surface area contributed by atoms with Gasteiger partial charge in [0.25, 0.3) is 0 Å². The first-order chi connectivity index (χ1) is 9.46.